The Morgan fingerprint density at radius 3 is 2.68 bits per heavy atom. The molecule has 1 aliphatic rings. The highest BCUT2D eigenvalue weighted by Gasteiger charge is 2.49. The number of carbonyl (C=O) groups excluding carboxylic acids is 2. The summed E-state index contributed by atoms with van der Waals surface area (Å²) in [6, 6.07) is 7.35. The van der Waals surface area contributed by atoms with Crippen LogP contribution in [0.2, 0.25) is 0 Å². The molecule has 0 bridgehead atoms. The molecule has 1 aromatic carbocycles. The molecule has 0 spiro atoms. The van der Waals surface area contributed by atoms with Gasteiger partial charge in [-0.3, -0.25) is 14.7 Å². The number of hydrogen-bond acceptors (Lipinski definition) is 6. The molecule has 3 aromatic rings. The molecular weight excluding hydrogens is 453 g/mol. The zero-order chi connectivity index (χ0) is 24.5. The maximum Gasteiger partial charge on any atom is 0.437 e. The van der Waals surface area contributed by atoms with Crippen molar-refractivity contribution in [3.05, 3.63) is 53.5 Å². The third-order valence-corrected chi connectivity index (χ3v) is 5.71. The normalized spacial score (nSPS) is 18.6. The van der Waals surface area contributed by atoms with Gasteiger partial charge in [0.05, 0.1) is 17.7 Å². The lowest BCUT2D eigenvalue weighted by atomic mass is 9.97. The van der Waals surface area contributed by atoms with E-state index < -0.39 is 29.3 Å². The number of imide groups is 1. The van der Waals surface area contributed by atoms with Gasteiger partial charge in [-0.2, -0.15) is 13.2 Å². The Kier molecular flexibility index (Phi) is 6.20. The average molecular weight is 476 g/mol. The molecule has 0 saturated carbocycles. The van der Waals surface area contributed by atoms with Crippen molar-refractivity contribution < 1.29 is 32.0 Å². The molecule has 4 rings (SSSR count). The second-order valence-corrected chi connectivity index (χ2v) is 8.13. The van der Waals surface area contributed by atoms with Crippen LogP contribution in [-0.4, -0.2) is 40.1 Å². The van der Waals surface area contributed by atoms with Crippen LogP contribution in [0.25, 0.3) is 11.0 Å². The zero-order valence-corrected chi connectivity index (χ0v) is 18.6. The van der Waals surface area contributed by atoms with Crippen molar-refractivity contribution in [2.75, 3.05) is 13.2 Å². The Morgan fingerprint density at radius 1 is 1.21 bits per heavy atom. The molecule has 11 heteroatoms. The Morgan fingerprint density at radius 2 is 2.00 bits per heavy atom. The summed E-state index contributed by atoms with van der Waals surface area (Å²) in [5.74, 6) is -0.0274. The van der Waals surface area contributed by atoms with E-state index in [2.05, 4.69) is 15.5 Å². The Hall–Kier alpha value is -3.63. The number of alkyl halides is 3. The van der Waals surface area contributed by atoms with Crippen LogP contribution in [0.1, 0.15) is 43.6 Å². The highest BCUT2D eigenvalue weighted by atomic mass is 19.4. The smallest absolute Gasteiger partial charge is 0.437 e. The van der Waals surface area contributed by atoms with Crippen LogP contribution in [0, 0.1) is 0 Å². The number of aromatic nitrogens is 2. The highest BCUT2D eigenvalue weighted by Crippen LogP contribution is 2.38. The van der Waals surface area contributed by atoms with Crippen molar-refractivity contribution in [3.63, 3.8) is 0 Å². The number of halogens is 3. The van der Waals surface area contributed by atoms with Crippen molar-refractivity contribution in [1.82, 2.24) is 20.4 Å². The quantitative estimate of drug-likeness (QED) is 0.382. The molecule has 0 aliphatic carbocycles. The first-order valence-electron chi connectivity index (χ1n) is 10.8. The van der Waals surface area contributed by atoms with E-state index in [4.69, 9.17) is 9.26 Å². The summed E-state index contributed by atoms with van der Waals surface area (Å²) in [5.41, 5.74) is -1.33. The predicted molar refractivity (Wildman–Crippen MR) is 115 cm³/mol. The molecular formula is C23H23F3N4O4. The van der Waals surface area contributed by atoms with Gasteiger partial charge < -0.3 is 14.6 Å². The van der Waals surface area contributed by atoms with Crippen molar-refractivity contribution >= 4 is 22.9 Å². The number of hydrogen-bond donors (Lipinski definition) is 1. The summed E-state index contributed by atoms with van der Waals surface area (Å²) in [5, 5.41) is 5.78. The Bertz CT molecular complexity index is 1210. The summed E-state index contributed by atoms with van der Waals surface area (Å²) < 4.78 is 50.3. The molecule has 1 fully saturated rings. The minimum Gasteiger partial charge on any atom is -0.493 e. The minimum absolute atomic E-state index is 0.0481. The van der Waals surface area contributed by atoms with E-state index >= 15 is 0 Å². The summed E-state index contributed by atoms with van der Waals surface area (Å²) >= 11 is 0. The molecule has 8 nitrogen and oxygen atoms in total. The fourth-order valence-electron chi connectivity index (χ4n) is 4.00. The maximum absolute atomic E-state index is 13.2. The van der Waals surface area contributed by atoms with Gasteiger partial charge in [-0.1, -0.05) is 24.6 Å². The number of ether oxygens (including phenoxy) is 1. The second-order valence-electron chi connectivity index (χ2n) is 8.13. The van der Waals surface area contributed by atoms with E-state index in [0.29, 0.717) is 36.3 Å². The summed E-state index contributed by atoms with van der Waals surface area (Å²) in [6.07, 6.45) is -1.65. The number of urea groups is 1. The lowest BCUT2D eigenvalue weighted by Gasteiger charge is -2.21. The van der Waals surface area contributed by atoms with Crippen LogP contribution in [0.15, 0.2) is 41.1 Å². The van der Waals surface area contributed by atoms with Gasteiger partial charge in [-0.15, -0.1) is 0 Å². The van der Waals surface area contributed by atoms with Gasteiger partial charge in [0.1, 0.15) is 5.75 Å². The molecule has 0 radical (unpaired) electrons. The topological polar surface area (TPSA) is 97.6 Å². The minimum atomic E-state index is -4.62. The molecule has 3 heterocycles. The van der Waals surface area contributed by atoms with Gasteiger partial charge in [0.15, 0.2) is 16.8 Å². The molecule has 2 aromatic heterocycles. The van der Waals surface area contributed by atoms with Gasteiger partial charge in [-0.25, -0.2) is 4.79 Å². The molecule has 1 unspecified atom stereocenters. The van der Waals surface area contributed by atoms with Crippen molar-refractivity contribution in [2.45, 2.75) is 44.8 Å². The number of benzene rings is 1. The SMILES string of the molecule is CCCc1c(OCCCN2C(=O)NC(C)(c3ccccn3)C2=O)ccc2c(C(F)(F)F)noc12. The van der Waals surface area contributed by atoms with Crippen LogP contribution >= 0.6 is 0 Å². The fraction of sp³-hybridized carbons (Fsp3) is 0.391. The number of nitrogens with zero attached hydrogens (tertiary/aromatic N) is 3. The van der Waals surface area contributed by atoms with E-state index in [9.17, 15) is 22.8 Å². The van der Waals surface area contributed by atoms with Crippen molar-refractivity contribution in [3.8, 4) is 5.75 Å². The van der Waals surface area contributed by atoms with E-state index in [1.165, 1.54) is 12.1 Å². The van der Waals surface area contributed by atoms with Crippen LogP contribution < -0.4 is 10.1 Å². The molecule has 180 valence electrons. The first-order valence-corrected chi connectivity index (χ1v) is 10.8. The lowest BCUT2D eigenvalue weighted by Crippen LogP contribution is -2.41. The first-order chi connectivity index (χ1) is 16.2. The van der Waals surface area contributed by atoms with Crippen molar-refractivity contribution in [1.29, 1.82) is 0 Å². The number of amides is 3. The van der Waals surface area contributed by atoms with E-state index in [1.54, 1.807) is 31.3 Å². The Labute approximate surface area is 193 Å². The van der Waals surface area contributed by atoms with Crippen LogP contribution in [0.5, 0.6) is 5.75 Å². The number of rotatable bonds is 8. The second kappa shape index (κ2) is 8.96. The lowest BCUT2D eigenvalue weighted by molar-refractivity contribution is -0.141. The third-order valence-electron chi connectivity index (χ3n) is 5.71. The maximum atomic E-state index is 13.2. The standard InChI is InChI=1S/C23H23F3N4O4/c1-3-7-14-16(10-9-15-18(14)34-29-19(15)23(24,25)26)33-13-6-12-30-20(31)22(2,28-21(30)32)17-8-4-5-11-27-17/h4-5,8-11H,3,6-7,12-13H2,1-2H3,(H,28,32). The van der Waals surface area contributed by atoms with E-state index in [-0.39, 0.29) is 24.1 Å². The molecule has 3 amide bonds. The van der Waals surface area contributed by atoms with Gasteiger partial charge >= 0.3 is 12.2 Å². The molecule has 1 atom stereocenters. The third kappa shape index (κ3) is 4.17. The van der Waals surface area contributed by atoms with Crippen LogP contribution in [-0.2, 0) is 22.9 Å². The number of fused-ring (bicyclic) bond motifs is 1. The van der Waals surface area contributed by atoms with Gasteiger partial charge in [0.2, 0.25) is 0 Å². The predicted octanol–water partition coefficient (Wildman–Crippen LogP) is 4.43. The number of nitrogens with one attached hydrogen (secondary N) is 1. The van der Waals surface area contributed by atoms with Gasteiger partial charge in [0, 0.05) is 18.3 Å². The average Bonchev–Trinajstić information content (AvgIpc) is 3.33. The number of carbonyl (C=O) groups is 2. The first kappa shape index (κ1) is 23.5. The highest BCUT2D eigenvalue weighted by molar-refractivity contribution is 6.06. The monoisotopic (exact) mass is 476 g/mol. The summed E-state index contributed by atoms with van der Waals surface area (Å²) in [7, 11) is 0. The molecule has 1 N–H and O–H groups in total. The van der Waals surface area contributed by atoms with E-state index in [0.717, 1.165) is 4.90 Å². The molecule has 1 saturated heterocycles. The fourth-order valence-corrected chi connectivity index (χ4v) is 4.00. The number of pyridine rings is 1. The summed E-state index contributed by atoms with van der Waals surface area (Å²) in [6.45, 7) is 3.74. The van der Waals surface area contributed by atoms with E-state index in [1.807, 2.05) is 6.92 Å². The van der Waals surface area contributed by atoms with Gasteiger partial charge in [0.25, 0.3) is 5.91 Å². The van der Waals surface area contributed by atoms with Gasteiger partial charge in [-0.05, 0) is 44.0 Å². The van der Waals surface area contributed by atoms with Crippen LogP contribution in [0.4, 0.5) is 18.0 Å². The summed E-state index contributed by atoms with van der Waals surface area (Å²) in [4.78, 5) is 30.6. The Balaban J connectivity index is 1.44. The van der Waals surface area contributed by atoms with Crippen LogP contribution in [0.3, 0.4) is 0 Å². The van der Waals surface area contributed by atoms with Crippen molar-refractivity contribution in [2.24, 2.45) is 0 Å². The zero-order valence-electron chi connectivity index (χ0n) is 18.6. The largest absolute Gasteiger partial charge is 0.493 e. The number of aryl methyl sites for hydroxylation is 1. The molecule has 1 aliphatic heterocycles. The molecule has 34 heavy (non-hydrogen) atoms.